The lowest BCUT2D eigenvalue weighted by molar-refractivity contribution is 0.0594. The fraction of sp³-hybridized carbons (Fsp3) is 0.786. The number of halogens is 2. The third-order valence-corrected chi connectivity index (χ3v) is 3.92. The number of rotatable bonds is 8. The SMILES string of the molecule is COCCNCC1CCCCN1Cc1nccn1C(F)F. The van der Waals surface area contributed by atoms with Crippen LogP contribution in [0.1, 0.15) is 31.6 Å². The third kappa shape index (κ3) is 4.72. The van der Waals surface area contributed by atoms with Crippen LogP contribution < -0.4 is 5.32 Å². The van der Waals surface area contributed by atoms with Crippen LogP contribution in [-0.4, -0.2) is 53.8 Å². The van der Waals surface area contributed by atoms with Gasteiger partial charge in [-0.25, -0.2) is 4.98 Å². The summed E-state index contributed by atoms with van der Waals surface area (Å²) in [6.07, 6.45) is 6.18. The summed E-state index contributed by atoms with van der Waals surface area (Å²) in [5.41, 5.74) is 0. The van der Waals surface area contributed by atoms with Crippen molar-refractivity contribution in [1.29, 1.82) is 0 Å². The largest absolute Gasteiger partial charge is 0.383 e. The standard InChI is InChI=1S/C14H24F2N4O/c1-21-9-6-17-10-12-4-2-3-7-19(12)11-13-18-5-8-20(13)14(15)16/h5,8,12,14,17H,2-4,6-7,9-11H2,1H3. The molecule has 7 heteroatoms. The first-order valence-electron chi connectivity index (χ1n) is 7.46. The minimum atomic E-state index is -2.52. The highest BCUT2D eigenvalue weighted by atomic mass is 19.3. The Morgan fingerprint density at radius 1 is 1.48 bits per heavy atom. The number of hydrogen-bond donors (Lipinski definition) is 1. The second kappa shape index (κ2) is 8.41. The van der Waals surface area contributed by atoms with Crippen molar-refractivity contribution in [1.82, 2.24) is 19.8 Å². The van der Waals surface area contributed by atoms with Crippen LogP contribution in [0.5, 0.6) is 0 Å². The van der Waals surface area contributed by atoms with Crippen molar-refractivity contribution in [3.8, 4) is 0 Å². The highest BCUT2D eigenvalue weighted by molar-refractivity contribution is 4.94. The maximum Gasteiger partial charge on any atom is 0.319 e. The van der Waals surface area contributed by atoms with Crippen LogP contribution in [0.2, 0.25) is 0 Å². The quantitative estimate of drug-likeness (QED) is 0.745. The van der Waals surface area contributed by atoms with E-state index in [1.165, 1.54) is 18.8 Å². The second-order valence-corrected chi connectivity index (χ2v) is 5.35. The van der Waals surface area contributed by atoms with Crippen LogP contribution in [-0.2, 0) is 11.3 Å². The van der Waals surface area contributed by atoms with Crippen molar-refractivity contribution in [2.75, 3.05) is 33.4 Å². The summed E-state index contributed by atoms with van der Waals surface area (Å²) in [4.78, 5) is 6.33. The Morgan fingerprint density at radius 3 is 3.10 bits per heavy atom. The number of imidazole rings is 1. The predicted octanol–water partition coefficient (Wildman–Crippen LogP) is 1.87. The molecule has 0 saturated carbocycles. The number of piperidine rings is 1. The minimum absolute atomic E-state index is 0.374. The molecular weight excluding hydrogens is 278 g/mol. The molecule has 0 spiro atoms. The lowest BCUT2D eigenvalue weighted by Crippen LogP contribution is -2.45. The van der Waals surface area contributed by atoms with E-state index in [9.17, 15) is 8.78 Å². The van der Waals surface area contributed by atoms with Crippen LogP contribution in [0.4, 0.5) is 8.78 Å². The van der Waals surface area contributed by atoms with Gasteiger partial charge in [0.1, 0.15) is 5.82 Å². The molecule has 1 aliphatic heterocycles. The normalized spacial score (nSPS) is 20.3. The Labute approximate surface area is 124 Å². The highest BCUT2D eigenvalue weighted by Crippen LogP contribution is 2.20. The maximum absolute atomic E-state index is 12.9. The van der Waals surface area contributed by atoms with Gasteiger partial charge in [0.15, 0.2) is 0 Å². The van der Waals surface area contributed by atoms with Gasteiger partial charge in [-0.3, -0.25) is 9.47 Å². The summed E-state index contributed by atoms with van der Waals surface area (Å²) < 4.78 is 31.7. The van der Waals surface area contributed by atoms with Crippen molar-refractivity contribution < 1.29 is 13.5 Å². The predicted molar refractivity (Wildman–Crippen MR) is 76.3 cm³/mol. The molecule has 0 radical (unpaired) electrons. The molecule has 1 aliphatic rings. The van der Waals surface area contributed by atoms with Gasteiger partial charge in [0.25, 0.3) is 0 Å². The Balaban J connectivity index is 1.90. The van der Waals surface area contributed by atoms with Crippen LogP contribution in [0.15, 0.2) is 12.4 Å². The lowest BCUT2D eigenvalue weighted by Gasteiger charge is -2.35. The zero-order valence-corrected chi connectivity index (χ0v) is 12.5. The number of likely N-dealkylation sites (tertiary alicyclic amines) is 1. The molecule has 1 saturated heterocycles. The molecule has 2 heterocycles. The topological polar surface area (TPSA) is 42.3 Å². The number of methoxy groups -OCH3 is 1. The number of nitrogens with one attached hydrogen (secondary N) is 1. The molecule has 21 heavy (non-hydrogen) atoms. The Bertz CT molecular complexity index is 413. The van der Waals surface area contributed by atoms with Crippen LogP contribution in [0, 0.1) is 0 Å². The molecule has 0 bridgehead atoms. The van der Waals surface area contributed by atoms with E-state index in [0.29, 0.717) is 25.0 Å². The van der Waals surface area contributed by atoms with Crippen molar-refractivity contribution in [2.24, 2.45) is 0 Å². The van der Waals surface area contributed by atoms with Gasteiger partial charge in [0.05, 0.1) is 13.2 Å². The third-order valence-electron chi connectivity index (χ3n) is 3.92. The van der Waals surface area contributed by atoms with E-state index in [-0.39, 0.29) is 0 Å². The summed E-state index contributed by atoms with van der Waals surface area (Å²) in [6.45, 7) is 1.25. The Kier molecular flexibility index (Phi) is 6.53. The summed E-state index contributed by atoms with van der Waals surface area (Å²) in [5.74, 6) is 0.439. The van der Waals surface area contributed by atoms with Gasteiger partial charge in [-0.2, -0.15) is 8.78 Å². The molecule has 1 N–H and O–H groups in total. The number of aromatic nitrogens is 2. The summed E-state index contributed by atoms with van der Waals surface area (Å²) in [5, 5.41) is 3.36. The van der Waals surface area contributed by atoms with Gasteiger partial charge < -0.3 is 10.1 Å². The van der Waals surface area contributed by atoms with Gasteiger partial charge in [-0.05, 0) is 19.4 Å². The number of ether oxygens (including phenoxy) is 1. The lowest BCUT2D eigenvalue weighted by atomic mass is 10.0. The van der Waals surface area contributed by atoms with Crippen molar-refractivity contribution in [3.05, 3.63) is 18.2 Å². The molecular formula is C14H24F2N4O. The fourth-order valence-electron chi connectivity index (χ4n) is 2.77. The molecule has 1 unspecified atom stereocenters. The average molecular weight is 302 g/mol. The van der Waals surface area contributed by atoms with Crippen molar-refractivity contribution in [2.45, 2.75) is 38.4 Å². The van der Waals surface area contributed by atoms with Crippen molar-refractivity contribution in [3.63, 3.8) is 0 Å². The van der Waals surface area contributed by atoms with E-state index in [0.717, 1.165) is 37.0 Å². The van der Waals surface area contributed by atoms with E-state index >= 15 is 0 Å². The smallest absolute Gasteiger partial charge is 0.319 e. The van der Waals surface area contributed by atoms with E-state index in [4.69, 9.17) is 4.74 Å². The maximum atomic E-state index is 12.9. The first kappa shape index (κ1) is 16.3. The average Bonchev–Trinajstić information content (AvgIpc) is 2.93. The summed E-state index contributed by atoms with van der Waals surface area (Å²) in [6, 6.07) is 0.374. The first-order valence-corrected chi connectivity index (χ1v) is 7.46. The number of alkyl halides is 2. The van der Waals surface area contributed by atoms with E-state index < -0.39 is 6.55 Å². The fourth-order valence-corrected chi connectivity index (χ4v) is 2.77. The van der Waals surface area contributed by atoms with E-state index in [2.05, 4.69) is 15.2 Å². The van der Waals surface area contributed by atoms with Crippen LogP contribution in [0.3, 0.4) is 0 Å². The molecule has 120 valence electrons. The summed E-state index contributed by atoms with van der Waals surface area (Å²) in [7, 11) is 1.68. The van der Waals surface area contributed by atoms with Crippen molar-refractivity contribution >= 4 is 0 Å². The van der Waals surface area contributed by atoms with Crippen LogP contribution >= 0.6 is 0 Å². The van der Waals surface area contributed by atoms with Gasteiger partial charge in [0, 0.05) is 38.6 Å². The minimum Gasteiger partial charge on any atom is -0.383 e. The van der Waals surface area contributed by atoms with Gasteiger partial charge in [-0.1, -0.05) is 6.42 Å². The molecule has 2 rings (SSSR count). The van der Waals surface area contributed by atoms with Gasteiger partial charge in [0.2, 0.25) is 0 Å². The molecule has 0 aliphatic carbocycles. The number of hydrogen-bond acceptors (Lipinski definition) is 4. The van der Waals surface area contributed by atoms with E-state index in [1.54, 1.807) is 7.11 Å². The summed E-state index contributed by atoms with van der Waals surface area (Å²) >= 11 is 0. The Hall–Kier alpha value is -1.05. The molecule has 1 aromatic rings. The second-order valence-electron chi connectivity index (χ2n) is 5.35. The molecule has 0 amide bonds. The zero-order chi connectivity index (χ0) is 15.1. The van der Waals surface area contributed by atoms with Gasteiger partial charge >= 0.3 is 6.55 Å². The first-order chi connectivity index (χ1) is 10.2. The monoisotopic (exact) mass is 302 g/mol. The highest BCUT2D eigenvalue weighted by Gasteiger charge is 2.24. The number of nitrogens with zero attached hydrogens (tertiary/aromatic N) is 3. The van der Waals surface area contributed by atoms with Gasteiger partial charge in [-0.15, -0.1) is 0 Å². The van der Waals surface area contributed by atoms with Crippen LogP contribution in [0.25, 0.3) is 0 Å². The molecule has 0 aromatic carbocycles. The molecule has 1 atom stereocenters. The molecule has 1 aromatic heterocycles. The molecule has 5 nitrogen and oxygen atoms in total. The van der Waals surface area contributed by atoms with E-state index in [1.807, 2.05) is 0 Å². The Morgan fingerprint density at radius 2 is 2.33 bits per heavy atom. The molecule has 1 fully saturated rings. The zero-order valence-electron chi connectivity index (χ0n) is 12.5.